The molecule has 1 aromatic heterocycles. The lowest BCUT2D eigenvalue weighted by atomic mass is 9.90. The summed E-state index contributed by atoms with van der Waals surface area (Å²) in [6.07, 6.45) is 7.69. The molecule has 0 spiro atoms. The summed E-state index contributed by atoms with van der Waals surface area (Å²) in [7, 11) is 0. The summed E-state index contributed by atoms with van der Waals surface area (Å²) in [6, 6.07) is 3.98. The van der Waals surface area contributed by atoms with Crippen LogP contribution >= 0.6 is 11.8 Å². The molecule has 2 saturated carbocycles. The van der Waals surface area contributed by atoms with Crippen molar-refractivity contribution < 1.29 is 0 Å². The maximum absolute atomic E-state index is 5.62. The maximum atomic E-state index is 5.62. The maximum Gasteiger partial charge on any atom is 0.0961 e. The van der Waals surface area contributed by atoms with Crippen molar-refractivity contribution in [2.24, 2.45) is 17.8 Å². The van der Waals surface area contributed by atoms with E-state index < -0.39 is 0 Å². The molecule has 2 fully saturated rings. The minimum atomic E-state index is 0.754. The molecule has 16 heavy (non-hydrogen) atoms. The predicted molar refractivity (Wildman–Crippen MR) is 68.3 cm³/mol. The molecule has 0 radical (unpaired) electrons. The Kier molecular flexibility index (Phi) is 2.80. The predicted octanol–water partition coefficient (Wildman–Crippen LogP) is 3.19. The summed E-state index contributed by atoms with van der Waals surface area (Å²) in [5, 5.41) is 1.12. The van der Waals surface area contributed by atoms with Crippen LogP contribution in [0.25, 0.3) is 0 Å². The number of anilines is 1. The second kappa shape index (κ2) is 4.28. The number of hydrogen-bond acceptors (Lipinski definition) is 3. The topological polar surface area (TPSA) is 38.9 Å². The molecule has 2 N–H and O–H groups in total. The average molecular weight is 234 g/mol. The van der Waals surface area contributed by atoms with Gasteiger partial charge in [0.2, 0.25) is 0 Å². The zero-order chi connectivity index (χ0) is 11.0. The van der Waals surface area contributed by atoms with Crippen molar-refractivity contribution >= 4 is 17.4 Å². The van der Waals surface area contributed by atoms with Gasteiger partial charge in [0.25, 0.3) is 0 Å². The Morgan fingerprint density at radius 2 is 2.25 bits per heavy atom. The summed E-state index contributed by atoms with van der Waals surface area (Å²) < 4.78 is 0. The number of nitrogens with two attached hydrogens (primary N) is 1. The Balaban J connectivity index is 1.55. The van der Waals surface area contributed by atoms with Crippen LogP contribution in [0.3, 0.4) is 0 Å². The molecule has 3 rings (SSSR count). The average Bonchev–Trinajstić information content (AvgIpc) is 2.90. The molecule has 3 heteroatoms. The molecule has 2 bridgehead atoms. The van der Waals surface area contributed by atoms with Crippen LogP contribution in [-0.2, 0) is 0 Å². The zero-order valence-corrected chi connectivity index (χ0v) is 10.2. The van der Waals surface area contributed by atoms with Crippen molar-refractivity contribution in [1.29, 1.82) is 0 Å². The zero-order valence-electron chi connectivity index (χ0n) is 9.43. The van der Waals surface area contributed by atoms with Gasteiger partial charge in [-0.1, -0.05) is 6.42 Å². The first-order chi connectivity index (χ1) is 7.81. The van der Waals surface area contributed by atoms with E-state index in [1.807, 2.05) is 23.9 Å². The van der Waals surface area contributed by atoms with Crippen molar-refractivity contribution in [2.75, 3.05) is 11.5 Å². The lowest BCUT2D eigenvalue weighted by molar-refractivity contribution is 0.365. The van der Waals surface area contributed by atoms with E-state index in [1.165, 1.54) is 31.4 Å². The second-order valence-corrected chi connectivity index (χ2v) is 6.22. The summed E-state index contributed by atoms with van der Waals surface area (Å²) >= 11 is 1.90. The van der Waals surface area contributed by atoms with Gasteiger partial charge in [-0.25, -0.2) is 4.98 Å². The summed E-state index contributed by atoms with van der Waals surface area (Å²) in [6.45, 7) is 0. The van der Waals surface area contributed by atoms with E-state index in [0.717, 1.165) is 28.5 Å². The van der Waals surface area contributed by atoms with Gasteiger partial charge in [0.1, 0.15) is 0 Å². The number of aromatic nitrogens is 1. The molecule has 0 amide bonds. The van der Waals surface area contributed by atoms with Gasteiger partial charge in [-0.2, -0.15) is 0 Å². The number of fused-ring (bicyclic) bond motifs is 2. The summed E-state index contributed by atoms with van der Waals surface area (Å²) in [5.74, 6) is 4.27. The van der Waals surface area contributed by atoms with Crippen LogP contribution in [0.2, 0.25) is 0 Å². The quantitative estimate of drug-likeness (QED) is 0.816. The number of nitrogen functional groups attached to an aromatic ring is 1. The Bertz CT molecular complexity index is 363. The molecule has 1 aromatic rings. The van der Waals surface area contributed by atoms with Crippen LogP contribution in [0.15, 0.2) is 23.4 Å². The van der Waals surface area contributed by atoms with Crippen LogP contribution in [-0.4, -0.2) is 10.7 Å². The monoisotopic (exact) mass is 234 g/mol. The molecular formula is C13H18N2S. The van der Waals surface area contributed by atoms with E-state index in [9.17, 15) is 0 Å². The third kappa shape index (κ3) is 2.05. The van der Waals surface area contributed by atoms with Gasteiger partial charge in [-0.15, -0.1) is 11.8 Å². The fraction of sp³-hybridized carbons (Fsp3) is 0.615. The molecule has 3 atom stereocenters. The van der Waals surface area contributed by atoms with Crippen molar-refractivity contribution in [3.63, 3.8) is 0 Å². The van der Waals surface area contributed by atoms with E-state index in [2.05, 4.69) is 4.98 Å². The highest BCUT2D eigenvalue weighted by atomic mass is 32.2. The second-order valence-electron chi connectivity index (χ2n) is 5.18. The third-order valence-corrected chi connectivity index (χ3v) is 5.22. The lowest BCUT2D eigenvalue weighted by Gasteiger charge is -2.20. The molecule has 0 aliphatic heterocycles. The number of rotatable bonds is 3. The SMILES string of the molecule is Nc1ccc(SCC2CC3CCC2C3)nc1. The highest BCUT2D eigenvalue weighted by Gasteiger charge is 2.39. The largest absolute Gasteiger partial charge is 0.397 e. The number of thioether (sulfide) groups is 1. The van der Waals surface area contributed by atoms with E-state index in [1.54, 1.807) is 6.20 Å². The van der Waals surface area contributed by atoms with Gasteiger partial charge in [-0.3, -0.25) is 0 Å². The number of nitrogens with zero attached hydrogens (tertiary/aromatic N) is 1. The van der Waals surface area contributed by atoms with E-state index in [0.29, 0.717) is 0 Å². The number of hydrogen-bond donors (Lipinski definition) is 1. The highest BCUT2D eigenvalue weighted by molar-refractivity contribution is 7.99. The Hall–Kier alpha value is -0.700. The normalized spacial score (nSPS) is 32.1. The minimum Gasteiger partial charge on any atom is -0.397 e. The van der Waals surface area contributed by atoms with Crippen molar-refractivity contribution in [2.45, 2.75) is 30.7 Å². The summed E-state index contributed by atoms with van der Waals surface area (Å²) in [5.41, 5.74) is 6.38. The van der Waals surface area contributed by atoms with Gasteiger partial charge < -0.3 is 5.73 Å². The Labute approximate surface area is 101 Å². The van der Waals surface area contributed by atoms with Gasteiger partial charge in [0, 0.05) is 5.75 Å². The smallest absolute Gasteiger partial charge is 0.0961 e. The van der Waals surface area contributed by atoms with Crippen molar-refractivity contribution in [1.82, 2.24) is 4.98 Å². The molecular weight excluding hydrogens is 216 g/mol. The molecule has 0 saturated heterocycles. The molecule has 2 nitrogen and oxygen atoms in total. The third-order valence-electron chi connectivity index (χ3n) is 4.09. The molecule has 86 valence electrons. The van der Waals surface area contributed by atoms with Crippen LogP contribution < -0.4 is 5.73 Å². The first kappa shape index (κ1) is 10.5. The molecule has 0 aromatic carbocycles. The molecule has 3 unspecified atom stereocenters. The highest BCUT2D eigenvalue weighted by Crippen LogP contribution is 2.49. The van der Waals surface area contributed by atoms with Crippen LogP contribution in [0, 0.1) is 17.8 Å². The minimum absolute atomic E-state index is 0.754. The lowest BCUT2D eigenvalue weighted by Crippen LogP contribution is -2.12. The van der Waals surface area contributed by atoms with Crippen molar-refractivity contribution in [3.8, 4) is 0 Å². The fourth-order valence-electron chi connectivity index (χ4n) is 3.25. The fourth-order valence-corrected chi connectivity index (χ4v) is 4.33. The van der Waals surface area contributed by atoms with Crippen molar-refractivity contribution in [3.05, 3.63) is 18.3 Å². The van der Waals surface area contributed by atoms with E-state index in [4.69, 9.17) is 5.73 Å². The summed E-state index contributed by atoms with van der Waals surface area (Å²) in [4.78, 5) is 4.34. The van der Waals surface area contributed by atoms with E-state index in [-0.39, 0.29) is 0 Å². The van der Waals surface area contributed by atoms with E-state index >= 15 is 0 Å². The van der Waals surface area contributed by atoms with Gasteiger partial charge in [0.15, 0.2) is 0 Å². The van der Waals surface area contributed by atoms with Crippen LogP contribution in [0.5, 0.6) is 0 Å². The standard InChI is InChI=1S/C13H18N2S/c14-12-3-4-13(15-7-12)16-8-11-6-9-1-2-10(11)5-9/h3-4,7,9-11H,1-2,5-6,8,14H2. The molecule has 1 heterocycles. The van der Waals surface area contributed by atoms with Gasteiger partial charge in [0.05, 0.1) is 16.9 Å². The Morgan fingerprint density at radius 1 is 1.31 bits per heavy atom. The molecule has 2 aliphatic carbocycles. The first-order valence-electron chi connectivity index (χ1n) is 6.15. The Morgan fingerprint density at radius 3 is 2.88 bits per heavy atom. The van der Waals surface area contributed by atoms with Crippen LogP contribution in [0.4, 0.5) is 5.69 Å². The van der Waals surface area contributed by atoms with Gasteiger partial charge >= 0.3 is 0 Å². The van der Waals surface area contributed by atoms with Crippen LogP contribution in [0.1, 0.15) is 25.7 Å². The first-order valence-corrected chi connectivity index (χ1v) is 7.14. The number of pyridine rings is 1. The molecule has 2 aliphatic rings. The van der Waals surface area contributed by atoms with Gasteiger partial charge in [-0.05, 0) is 49.1 Å².